The molecule has 0 bridgehead atoms. The Balaban J connectivity index is 1.87. The smallest absolute Gasteiger partial charge is 0.216 e. The topological polar surface area (TPSA) is 61.0 Å². The molecule has 0 aliphatic heterocycles. The van der Waals surface area contributed by atoms with E-state index >= 15 is 0 Å². The van der Waals surface area contributed by atoms with Crippen molar-refractivity contribution in [3.8, 4) is 5.88 Å². The van der Waals surface area contributed by atoms with E-state index in [0.29, 0.717) is 17.9 Å². The SMILES string of the molecule is Cc1cc(OC2CC(CN)C2)ncn1. The van der Waals surface area contributed by atoms with Gasteiger partial charge in [-0.25, -0.2) is 9.97 Å². The lowest BCUT2D eigenvalue weighted by atomic mass is 9.82. The first-order chi connectivity index (χ1) is 6.78. The Morgan fingerprint density at radius 1 is 1.50 bits per heavy atom. The molecule has 0 atom stereocenters. The minimum atomic E-state index is 0.304. The van der Waals surface area contributed by atoms with Crippen LogP contribution in [-0.4, -0.2) is 22.6 Å². The highest BCUT2D eigenvalue weighted by Crippen LogP contribution is 2.29. The zero-order valence-electron chi connectivity index (χ0n) is 8.31. The van der Waals surface area contributed by atoms with Crippen molar-refractivity contribution in [1.82, 2.24) is 9.97 Å². The molecule has 2 N–H and O–H groups in total. The zero-order valence-corrected chi connectivity index (χ0v) is 8.31. The molecule has 0 amide bonds. The first-order valence-electron chi connectivity index (χ1n) is 4.93. The maximum atomic E-state index is 5.66. The molecule has 0 saturated heterocycles. The highest BCUT2D eigenvalue weighted by Gasteiger charge is 2.29. The number of ether oxygens (including phenoxy) is 1. The monoisotopic (exact) mass is 193 g/mol. The first kappa shape index (κ1) is 9.40. The molecule has 1 saturated carbocycles. The maximum absolute atomic E-state index is 5.66. The predicted molar refractivity (Wildman–Crippen MR) is 53.0 cm³/mol. The van der Waals surface area contributed by atoms with Crippen LogP contribution < -0.4 is 10.5 Å². The molecule has 0 aromatic carbocycles. The van der Waals surface area contributed by atoms with Crippen LogP contribution in [-0.2, 0) is 0 Å². The highest BCUT2D eigenvalue weighted by molar-refractivity contribution is 5.12. The summed E-state index contributed by atoms with van der Waals surface area (Å²) >= 11 is 0. The molecule has 14 heavy (non-hydrogen) atoms. The number of aromatic nitrogens is 2. The molecular weight excluding hydrogens is 178 g/mol. The fourth-order valence-corrected chi connectivity index (χ4v) is 1.63. The van der Waals surface area contributed by atoms with E-state index in [9.17, 15) is 0 Å². The third-order valence-electron chi connectivity index (χ3n) is 2.59. The molecule has 1 fully saturated rings. The van der Waals surface area contributed by atoms with Gasteiger partial charge in [0.05, 0.1) is 0 Å². The predicted octanol–water partition coefficient (Wildman–Crippen LogP) is 0.901. The van der Waals surface area contributed by atoms with Crippen LogP contribution in [0.15, 0.2) is 12.4 Å². The zero-order chi connectivity index (χ0) is 9.97. The van der Waals surface area contributed by atoms with Gasteiger partial charge in [-0.1, -0.05) is 0 Å². The summed E-state index contributed by atoms with van der Waals surface area (Å²) in [5, 5.41) is 0. The van der Waals surface area contributed by atoms with Gasteiger partial charge >= 0.3 is 0 Å². The van der Waals surface area contributed by atoms with E-state index in [1.54, 1.807) is 0 Å². The molecule has 76 valence electrons. The lowest BCUT2D eigenvalue weighted by Crippen LogP contribution is -2.37. The quantitative estimate of drug-likeness (QED) is 0.774. The Hall–Kier alpha value is -1.16. The van der Waals surface area contributed by atoms with Gasteiger partial charge in [-0.3, -0.25) is 0 Å². The highest BCUT2D eigenvalue weighted by atomic mass is 16.5. The first-order valence-corrected chi connectivity index (χ1v) is 4.93. The third kappa shape index (κ3) is 2.01. The molecule has 1 aliphatic rings. The van der Waals surface area contributed by atoms with E-state index in [2.05, 4.69) is 9.97 Å². The molecule has 1 aromatic heterocycles. The van der Waals surface area contributed by atoms with Crippen molar-refractivity contribution < 1.29 is 4.74 Å². The average Bonchev–Trinajstić information content (AvgIpc) is 2.10. The van der Waals surface area contributed by atoms with E-state index in [-0.39, 0.29) is 0 Å². The van der Waals surface area contributed by atoms with Gasteiger partial charge in [0.1, 0.15) is 12.4 Å². The van der Waals surface area contributed by atoms with Crippen molar-refractivity contribution in [1.29, 1.82) is 0 Å². The van der Waals surface area contributed by atoms with Crippen LogP contribution in [0.2, 0.25) is 0 Å². The van der Waals surface area contributed by atoms with Crippen molar-refractivity contribution in [2.75, 3.05) is 6.54 Å². The van der Waals surface area contributed by atoms with Crippen molar-refractivity contribution in [2.24, 2.45) is 11.7 Å². The Morgan fingerprint density at radius 2 is 2.29 bits per heavy atom. The Bertz CT molecular complexity index is 310. The van der Waals surface area contributed by atoms with Gasteiger partial charge in [-0.05, 0) is 32.2 Å². The maximum Gasteiger partial charge on any atom is 0.216 e. The summed E-state index contributed by atoms with van der Waals surface area (Å²) in [6.07, 6.45) is 3.95. The summed E-state index contributed by atoms with van der Waals surface area (Å²) < 4.78 is 5.66. The summed E-state index contributed by atoms with van der Waals surface area (Å²) in [5.41, 5.74) is 6.47. The number of aryl methyl sites for hydroxylation is 1. The molecule has 0 radical (unpaired) electrons. The van der Waals surface area contributed by atoms with Crippen LogP contribution >= 0.6 is 0 Å². The Labute approximate surface area is 83.5 Å². The molecule has 1 aliphatic carbocycles. The van der Waals surface area contributed by atoms with Crippen LogP contribution in [0, 0.1) is 12.8 Å². The minimum absolute atomic E-state index is 0.304. The van der Waals surface area contributed by atoms with Gasteiger partial charge < -0.3 is 10.5 Å². The van der Waals surface area contributed by atoms with Crippen molar-refractivity contribution in [3.05, 3.63) is 18.1 Å². The van der Waals surface area contributed by atoms with Gasteiger partial charge in [0.15, 0.2) is 0 Å². The molecular formula is C10H15N3O. The summed E-state index contributed by atoms with van der Waals surface area (Å²) in [7, 11) is 0. The number of nitrogens with zero attached hydrogens (tertiary/aromatic N) is 2. The number of hydrogen-bond donors (Lipinski definition) is 1. The fraction of sp³-hybridized carbons (Fsp3) is 0.600. The normalized spacial score (nSPS) is 25.6. The van der Waals surface area contributed by atoms with E-state index in [0.717, 1.165) is 25.1 Å². The second-order valence-electron chi connectivity index (χ2n) is 3.81. The van der Waals surface area contributed by atoms with Gasteiger partial charge in [-0.15, -0.1) is 0 Å². The molecule has 4 heteroatoms. The molecule has 0 unspecified atom stereocenters. The lowest BCUT2D eigenvalue weighted by molar-refractivity contribution is 0.0647. The summed E-state index contributed by atoms with van der Waals surface area (Å²) in [6, 6.07) is 1.86. The van der Waals surface area contributed by atoms with E-state index in [1.165, 1.54) is 6.33 Å². The largest absolute Gasteiger partial charge is 0.474 e. The van der Waals surface area contributed by atoms with Crippen LogP contribution in [0.3, 0.4) is 0 Å². The molecule has 0 spiro atoms. The fourth-order valence-electron chi connectivity index (χ4n) is 1.63. The van der Waals surface area contributed by atoms with Crippen LogP contribution in [0.25, 0.3) is 0 Å². The van der Waals surface area contributed by atoms with E-state index in [4.69, 9.17) is 10.5 Å². The average molecular weight is 193 g/mol. The summed E-state index contributed by atoms with van der Waals surface area (Å²) in [6.45, 7) is 2.70. The van der Waals surface area contributed by atoms with E-state index < -0.39 is 0 Å². The van der Waals surface area contributed by atoms with Gasteiger partial charge in [0, 0.05) is 11.8 Å². The second-order valence-corrected chi connectivity index (χ2v) is 3.81. The molecule has 4 nitrogen and oxygen atoms in total. The summed E-state index contributed by atoms with van der Waals surface area (Å²) in [4.78, 5) is 8.06. The third-order valence-corrected chi connectivity index (χ3v) is 2.59. The Kier molecular flexibility index (Phi) is 2.63. The van der Waals surface area contributed by atoms with Crippen molar-refractivity contribution in [2.45, 2.75) is 25.9 Å². The van der Waals surface area contributed by atoms with E-state index in [1.807, 2.05) is 13.0 Å². The number of hydrogen-bond acceptors (Lipinski definition) is 4. The van der Waals surface area contributed by atoms with Crippen LogP contribution in [0.5, 0.6) is 5.88 Å². The Morgan fingerprint density at radius 3 is 2.93 bits per heavy atom. The second kappa shape index (κ2) is 3.92. The molecule has 1 aromatic rings. The van der Waals surface area contributed by atoms with Crippen molar-refractivity contribution in [3.63, 3.8) is 0 Å². The van der Waals surface area contributed by atoms with Gasteiger partial charge in [0.2, 0.25) is 5.88 Å². The van der Waals surface area contributed by atoms with Gasteiger partial charge in [0.25, 0.3) is 0 Å². The summed E-state index contributed by atoms with van der Waals surface area (Å²) in [5.74, 6) is 1.32. The van der Waals surface area contributed by atoms with Crippen LogP contribution in [0.4, 0.5) is 0 Å². The van der Waals surface area contributed by atoms with Crippen molar-refractivity contribution >= 4 is 0 Å². The van der Waals surface area contributed by atoms with Gasteiger partial charge in [-0.2, -0.15) is 0 Å². The molecule has 1 heterocycles. The number of rotatable bonds is 3. The standard InChI is InChI=1S/C10H15N3O/c1-7-2-10(13-6-12-7)14-9-3-8(4-9)5-11/h2,6,8-9H,3-5,11H2,1H3. The molecule has 2 rings (SSSR count). The van der Waals surface area contributed by atoms with Crippen LogP contribution in [0.1, 0.15) is 18.5 Å². The minimum Gasteiger partial charge on any atom is -0.474 e. The lowest BCUT2D eigenvalue weighted by Gasteiger charge is -2.33. The number of nitrogens with two attached hydrogens (primary N) is 1.